The van der Waals surface area contributed by atoms with Crippen LogP contribution in [0.5, 0.6) is 0 Å². The van der Waals surface area contributed by atoms with Crippen LogP contribution in [0.2, 0.25) is 0 Å². The van der Waals surface area contributed by atoms with Gasteiger partial charge in [0.2, 0.25) is 0 Å². The van der Waals surface area contributed by atoms with Crippen LogP contribution in [0.25, 0.3) is 21.0 Å². The van der Waals surface area contributed by atoms with Crippen LogP contribution in [0.4, 0.5) is 34.1 Å². The molecular formula is C56H64BN3S. The van der Waals surface area contributed by atoms with E-state index < -0.39 is 0 Å². The molecule has 2 aromatic heterocycles. The van der Waals surface area contributed by atoms with Gasteiger partial charge in [0.05, 0.1) is 11.4 Å². The summed E-state index contributed by atoms with van der Waals surface area (Å²) in [4.78, 5) is 9.50. The first kappa shape index (κ1) is 40.3. The van der Waals surface area contributed by atoms with Crippen molar-refractivity contribution in [3.8, 4) is 0 Å². The van der Waals surface area contributed by atoms with Crippen molar-refractivity contribution in [2.45, 2.75) is 143 Å². The largest absolute Gasteiger partial charge is 0.364 e. The molecule has 4 heterocycles. The van der Waals surface area contributed by atoms with Crippen molar-refractivity contribution in [3.05, 3.63) is 125 Å². The molecule has 3 aliphatic rings. The summed E-state index contributed by atoms with van der Waals surface area (Å²) in [5, 5.41) is 2.66. The topological polar surface area (TPSA) is 22.3 Å². The number of hydrogen-bond acceptors (Lipinski definition) is 3. The van der Waals surface area contributed by atoms with Gasteiger partial charge in [-0.25, -0.2) is 0 Å². The Morgan fingerprint density at radius 3 is 1.52 bits per heavy atom. The summed E-state index contributed by atoms with van der Waals surface area (Å²) in [6.07, 6.45) is 6.43. The molecule has 1 aliphatic carbocycles. The van der Waals surface area contributed by atoms with Gasteiger partial charge in [-0.2, -0.15) is 0 Å². The van der Waals surface area contributed by atoms with E-state index >= 15 is 0 Å². The number of nitrogens with zero attached hydrogens (tertiary/aromatic N) is 2. The van der Waals surface area contributed by atoms with E-state index in [1.165, 1.54) is 131 Å². The first-order valence-corrected chi connectivity index (χ1v) is 23.8. The van der Waals surface area contributed by atoms with Gasteiger partial charge in [-0.15, -0.1) is 11.3 Å². The van der Waals surface area contributed by atoms with Crippen LogP contribution >= 0.6 is 11.3 Å². The fraction of sp³-hybridized carbons (Fsp3) is 0.393. The second-order valence-electron chi connectivity index (χ2n) is 22.7. The quantitative estimate of drug-likeness (QED) is 0.179. The van der Waals surface area contributed by atoms with E-state index in [4.69, 9.17) is 0 Å². The Morgan fingerprint density at radius 2 is 1.00 bits per heavy atom. The van der Waals surface area contributed by atoms with Gasteiger partial charge in [0.25, 0.3) is 6.71 Å². The molecule has 0 atom stereocenters. The number of anilines is 6. The standard InChI is InChI=1S/C56H64BN3S/c1-53(2,3)36-18-24-40(25-19-36)59-45-30-35(34-16-14-13-15-17-34)31-46-48(45)57(51-49(59)42-32-38(55(7,8)9)22-28-44(42)58-51)52-50(43-33-39(56(10,11)12)23-29-47(43)61-52)60(46)41-26-20-37(21-27-41)54(4,5)6/h18-34,58H,13-17H2,1-12H3. The van der Waals surface area contributed by atoms with Gasteiger partial charge in [-0.3, -0.25) is 0 Å². The van der Waals surface area contributed by atoms with E-state index in [-0.39, 0.29) is 28.4 Å². The number of nitrogens with one attached hydrogen (secondary N) is 1. The van der Waals surface area contributed by atoms with Crippen LogP contribution in [0.1, 0.15) is 149 Å². The van der Waals surface area contributed by atoms with E-state index in [1.807, 2.05) is 11.3 Å². The molecule has 0 amide bonds. The summed E-state index contributed by atoms with van der Waals surface area (Å²) in [5.41, 5.74) is 18.8. The lowest BCUT2D eigenvalue weighted by atomic mass is 9.38. The first-order chi connectivity index (χ1) is 28.8. The Balaban J connectivity index is 1.34. The lowest BCUT2D eigenvalue weighted by Gasteiger charge is -2.43. The Morgan fingerprint density at radius 1 is 0.525 bits per heavy atom. The normalized spacial score (nSPS) is 16.0. The zero-order valence-electron chi connectivity index (χ0n) is 38.7. The fourth-order valence-electron chi connectivity index (χ4n) is 10.5. The van der Waals surface area contributed by atoms with Gasteiger partial charge in [-0.05, 0) is 134 Å². The number of benzene rings is 5. The number of aromatic nitrogens is 1. The van der Waals surface area contributed by atoms with Crippen LogP contribution in [0, 0.1) is 0 Å². The van der Waals surface area contributed by atoms with Crippen LogP contribution in [-0.2, 0) is 21.7 Å². The number of thiophene rings is 1. The highest BCUT2D eigenvalue weighted by Gasteiger charge is 2.47. The molecule has 0 unspecified atom stereocenters. The van der Waals surface area contributed by atoms with E-state index in [2.05, 4.69) is 195 Å². The summed E-state index contributed by atoms with van der Waals surface area (Å²) < 4.78 is 2.77. The summed E-state index contributed by atoms with van der Waals surface area (Å²) in [6, 6.07) is 38.8. The van der Waals surface area contributed by atoms with Crippen molar-refractivity contribution >= 4 is 89.0 Å². The number of H-pyrrole nitrogens is 1. The molecular weight excluding hydrogens is 758 g/mol. The average Bonchev–Trinajstić information content (AvgIpc) is 3.78. The summed E-state index contributed by atoms with van der Waals surface area (Å²) in [7, 11) is 0. The second-order valence-corrected chi connectivity index (χ2v) is 23.8. The van der Waals surface area contributed by atoms with Gasteiger partial charge in [0.15, 0.2) is 0 Å². The minimum absolute atomic E-state index is 0.0166. The van der Waals surface area contributed by atoms with Gasteiger partial charge in [-0.1, -0.05) is 139 Å². The number of rotatable bonds is 3. The highest BCUT2D eigenvalue weighted by molar-refractivity contribution is 7.33. The first-order valence-electron chi connectivity index (χ1n) is 23.0. The lowest BCUT2D eigenvalue weighted by molar-refractivity contribution is 0.444. The van der Waals surface area contributed by atoms with E-state index in [0.717, 1.165) is 0 Å². The maximum absolute atomic E-state index is 4.16. The molecule has 5 aromatic carbocycles. The Kier molecular flexibility index (Phi) is 9.18. The van der Waals surface area contributed by atoms with E-state index in [9.17, 15) is 0 Å². The average molecular weight is 822 g/mol. The molecule has 1 saturated carbocycles. The molecule has 0 saturated heterocycles. The van der Waals surface area contributed by atoms with Crippen molar-refractivity contribution in [2.75, 3.05) is 9.80 Å². The number of aromatic amines is 1. The third-order valence-corrected chi connectivity index (χ3v) is 15.4. The van der Waals surface area contributed by atoms with E-state index in [0.29, 0.717) is 5.92 Å². The zero-order chi connectivity index (χ0) is 43.0. The summed E-state index contributed by atoms with van der Waals surface area (Å²) in [5.74, 6) is 0.536. The maximum Gasteiger partial charge on any atom is 0.284 e. The summed E-state index contributed by atoms with van der Waals surface area (Å²) in [6.45, 7) is 28.0. The van der Waals surface area contributed by atoms with Gasteiger partial charge < -0.3 is 14.8 Å². The second kappa shape index (κ2) is 13.9. The van der Waals surface area contributed by atoms with Crippen molar-refractivity contribution in [3.63, 3.8) is 0 Å². The van der Waals surface area contributed by atoms with Gasteiger partial charge >= 0.3 is 0 Å². The number of fused-ring (bicyclic) bond motifs is 8. The molecule has 0 radical (unpaired) electrons. The highest BCUT2D eigenvalue weighted by atomic mass is 32.1. The predicted molar refractivity (Wildman–Crippen MR) is 268 cm³/mol. The summed E-state index contributed by atoms with van der Waals surface area (Å²) >= 11 is 2.00. The van der Waals surface area contributed by atoms with Crippen molar-refractivity contribution in [2.24, 2.45) is 0 Å². The van der Waals surface area contributed by atoms with Crippen LogP contribution in [0.3, 0.4) is 0 Å². The van der Waals surface area contributed by atoms with Gasteiger partial charge in [0, 0.05) is 54.1 Å². The molecule has 5 heteroatoms. The molecule has 1 N–H and O–H groups in total. The van der Waals surface area contributed by atoms with E-state index in [1.54, 1.807) is 0 Å². The van der Waals surface area contributed by atoms with Crippen LogP contribution < -0.4 is 25.6 Å². The highest BCUT2D eigenvalue weighted by Crippen LogP contribution is 2.51. The zero-order valence-corrected chi connectivity index (χ0v) is 39.5. The third-order valence-electron chi connectivity index (χ3n) is 14.2. The fourth-order valence-corrected chi connectivity index (χ4v) is 11.8. The Labute approximate surface area is 369 Å². The Bertz CT molecular complexity index is 2640. The van der Waals surface area contributed by atoms with Crippen molar-refractivity contribution < 1.29 is 0 Å². The molecule has 0 bridgehead atoms. The molecule has 0 spiro atoms. The SMILES string of the molecule is CC(C)(C)c1ccc(N2c3cc(C4CCCCC4)cc4c3B(c3[nH]c5ccc(C(C)(C)C)cc5c32)c2sc3ccc(C(C)(C)C)cc3c2N4c2ccc(C(C)(C)C)cc2)cc1. The smallest absolute Gasteiger partial charge is 0.284 e. The van der Waals surface area contributed by atoms with Crippen LogP contribution in [0.15, 0.2) is 97.1 Å². The Hall–Kier alpha value is -4.74. The lowest BCUT2D eigenvalue weighted by Crippen LogP contribution is -2.60. The van der Waals surface area contributed by atoms with Gasteiger partial charge in [0.1, 0.15) is 0 Å². The van der Waals surface area contributed by atoms with Crippen LogP contribution in [-0.4, -0.2) is 11.7 Å². The maximum atomic E-state index is 4.16. The molecule has 2 aliphatic heterocycles. The van der Waals surface area contributed by atoms with Crippen molar-refractivity contribution in [1.29, 1.82) is 0 Å². The molecule has 312 valence electrons. The number of hydrogen-bond donors (Lipinski definition) is 1. The third kappa shape index (κ3) is 6.67. The predicted octanol–water partition coefficient (Wildman–Crippen LogP) is 14.7. The minimum Gasteiger partial charge on any atom is -0.364 e. The molecule has 3 nitrogen and oxygen atoms in total. The molecule has 1 fully saturated rings. The molecule has 10 rings (SSSR count). The molecule has 7 aromatic rings. The van der Waals surface area contributed by atoms with Crippen molar-refractivity contribution in [1.82, 2.24) is 4.98 Å². The molecule has 61 heavy (non-hydrogen) atoms. The monoisotopic (exact) mass is 821 g/mol. The minimum atomic E-state index is 0.0166.